The molecule has 0 N–H and O–H groups in total. The van der Waals surface area contributed by atoms with Gasteiger partial charge >= 0.3 is 0 Å². The van der Waals surface area contributed by atoms with E-state index in [1.54, 1.807) is 19.1 Å². The summed E-state index contributed by atoms with van der Waals surface area (Å²) in [6, 6.07) is 6.13. The molecule has 2 aromatic carbocycles. The largest absolute Gasteiger partial charge is 0.491 e. The molecule has 174 valence electrons. The van der Waals surface area contributed by atoms with Gasteiger partial charge in [-0.2, -0.15) is 0 Å². The fourth-order valence-corrected chi connectivity index (χ4v) is 5.00. The predicted octanol–water partition coefficient (Wildman–Crippen LogP) is 7.91. The number of hydrogen-bond donors (Lipinski definition) is 0. The van der Waals surface area contributed by atoms with Crippen molar-refractivity contribution in [2.45, 2.75) is 76.7 Å². The van der Waals surface area contributed by atoms with Crippen molar-refractivity contribution < 1.29 is 27.0 Å². The van der Waals surface area contributed by atoms with Crippen molar-refractivity contribution in [3.63, 3.8) is 0 Å². The highest BCUT2D eigenvalue weighted by molar-refractivity contribution is 5.76. The van der Waals surface area contributed by atoms with Crippen LogP contribution in [0.2, 0.25) is 0 Å². The fourth-order valence-electron chi connectivity index (χ4n) is 5.00. The van der Waals surface area contributed by atoms with Crippen LogP contribution in [0.5, 0.6) is 5.75 Å². The third kappa shape index (κ3) is 4.14. The molecule has 2 aromatic rings. The molecule has 0 spiro atoms. The molecular weight excluding hydrogens is 420 g/mol. The second kappa shape index (κ2) is 9.82. The molecule has 2 aliphatic carbocycles. The van der Waals surface area contributed by atoms with Gasteiger partial charge in [0.15, 0.2) is 23.9 Å². The highest BCUT2D eigenvalue weighted by Crippen LogP contribution is 2.52. The Bertz CT molecular complexity index is 953. The standard InChI is InChI=1S/C26H30F4O2/c1-3-5-14-32-16-8-6-15(7-9-16)17-10-11-18-19-12-13-20(31-4-2)24(28)22(19)26(30)25(29)21(18)23(17)27/h10-13,15-16,25-26H,3-9,14H2,1-2H3. The zero-order valence-electron chi connectivity index (χ0n) is 18.6. The first-order valence-corrected chi connectivity index (χ1v) is 11.6. The SMILES string of the molecule is CCCCOC1CCC(c2ccc3c(c2F)C(F)C(F)c2c-3ccc(OCC)c2F)CC1. The van der Waals surface area contributed by atoms with Gasteiger partial charge in [-0.15, -0.1) is 0 Å². The molecular formula is C26H30F4O2. The van der Waals surface area contributed by atoms with E-state index < -0.39 is 29.5 Å². The van der Waals surface area contributed by atoms with E-state index in [2.05, 4.69) is 6.92 Å². The Morgan fingerprint density at radius 3 is 2.09 bits per heavy atom. The minimum Gasteiger partial charge on any atom is -0.491 e. The van der Waals surface area contributed by atoms with Gasteiger partial charge in [0, 0.05) is 17.7 Å². The first kappa shape index (κ1) is 23.1. The second-order valence-electron chi connectivity index (χ2n) is 8.70. The summed E-state index contributed by atoms with van der Waals surface area (Å²) in [5.74, 6) is -1.81. The summed E-state index contributed by atoms with van der Waals surface area (Å²) in [5, 5.41) is 0. The van der Waals surface area contributed by atoms with E-state index in [0.29, 0.717) is 5.56 Å². The number of halogens is 4. The summed E-state index contributed by atoms with van der Waals surface area (Å²) in [4.78, 5) is 0. The van der Waals surface area contributed by atoms with Crippen LogP contribution in [0.1, 0.15) is 87.3 Å². The van der Waals surface area contributed by atoms with E-state index in [-0.39, 0.29) is 41.1 Å². The van der Waals surface area contributed by atoms with Crippen LogP contribution in [0.15, 0.2) is 24.3 Å². The monoisotopic (exact) mass is 450 g/mol. The number of hydrogen-bond acceptors (Lipinski definition) is 2. The van der Waals surface area contributed by atoms with E-state index in [4.69, 9.17) is 9.47 Å². The van der Waals surface area contributed by atoms with Gasteiger partial charge < -0.3 is 9.47 Å². The highest BCUT2D eigenvalue weighted by atomic mass is 19.2. The zero-order chi connectivity index (χ0) is 22.8. The number of rotatable bonds is 7. The summed E-state index contributed by atoms with van der Waals surface area (Å²) >= 11 is 0. The van der Waals surface area contributed by atoms with E-state index in [1.165, 1.54) is 12.1 Å². The van der Waals surface area contributed by atoms with Crippen LogP contribution in [0.3, 0.4) is 0 Å². The number of ether oxygens (including phenoxy) is 2. The van der Waals surface area contributed by atoms with Gasteiger partial charge in [-0.05, 0) is 67.7 Å². The van der Waals surface area contributed by atoms with Crippen LogP contribution in [-0.4, -0.2) is 19.3 Å². The molecule has 1 fully saturated rings. The quantitative estimate of drug-likeness (QED) is 0.315. The van der Waals surface area contributed by atoms with Crippen molar-refractivity contribution >= 4 is 0 Å². The maximum atomic E-state index is 15.5. The van der Waals surface area contributed by atoms with Crippen molar-refractivity contribution in [1.29, 1.82) is 0 Å². The Morgan fingerprint density at radius 2 is 1.47 bits per heavy atom. The molecule has 2 unspecified atom stereocenters. The van der Waals surface area contributed by atoms with Gasteiger partial charge in [0.2, 0.25) is 0 Å². The summed E-state index contributed by atoms with van der Waals surface area (Å²) in [6.07, 6.45) is 0.857. The highest BCUT2D eigenvalue weighted by Gasteiger charge is 2.40. The predicted molar refractivity (Wildman–Crippen MR) is 117 cm³/mol. The van der Waals surface area contributed by atoms with Crippen molar-refractivity contribution in [2.24, 2.45) is 0 Å². The number of benzene rings is 2. The second-order valence-corrected chi connectivity index (χ2v) is 8.70. The third-order valence-electron chi connectivity index (χ3n) is 6.72. The molecule has 0 amide bonds. The van der Waals surface area contributed by atoms with Crippen LogP contribution in [-0.2, 0) is 4.74 Å². The number of unbranched alkanes of at least 4 members (excludes halogenated alkanes) is 1. The van der Waals surface area contributed by atoms with E-state index in [9.17, 15) is 4.39 Å². The van der Waals surface area contributed by atoms with E-state index in [0.717, 1.165) is 45.1 Å². The minimum absolute atomic E-state index is 0.0601. The Labute approximate surface area is 186 Å². The molecule has 0 aromatic heterocycles. The van der Waals surface area contributed by atoms with E-state index >= 15 is 13.2 Å². The first-order valence-electron chi connectivity index (χ1n) is 11.6. The average Bonchev–Trinajstić information content (AvgIpc) is 2.79. The maximum Gasteiger partial charge on any atom is 0.171 e. The molecule has 0 bridgehead atoms. The van der Waals surface area contributed by atoms with Crippen LogP contribution in [0.25, 0.3) is 11.1 Å². The van der Waals surface area contributed by atoms with Crippen LogP contribution in [0.4, 0.5) is 17.6 Å². The molecule has 0 aliphatic heterocycles. The van der Waals surface area contributed by atoms with Gasteiger partial charge in [0.05, 0.1) is 12.7 Å². The summed E-state index contributed by atoms with van der Waals surface area (Å²) in [7, 11) is 0. The van der Waals surface area contributed by atoms with Gasteiger partial charge in [0.1, 0.15) is 5.82 Å². The summed E-state index contributed by atoms with van der Waals surface area (Å²) in [6.45, 7) is 4.73. The van der Waals surface area contributed by atoms with Crippen molar-refractivity contribution in [1.82, 2.24) is 0 Å². The molecule has 4 rings (SSSR count). The normalized spacial score (nSPS) is 24.7. The van der Waals surface area contributed by atoms with Crippen LogP contribution >= 0.6 is 0 Å². The smallest absolute Gasteiger partial charge is 0.171 e. The van der Waals surface area contributed by atoms with Gasteiger partial charge in [-0.1, -0.05) is 31.5 Å². The molecule has 2 nitrogen and oxygen atoms in total. The molecule has 6 heteroatoms. The molecule has 2 aliphatic rings. The van der Waals surface area contributed by atoms with Crippen molar-refractivity contribution in [3.8, 4) is 16.9 Å². The summed E-state index contributed by atoms with van der Waals surface area (Å²) < 4.78 is 71.6. The zero-order valence-corrected chi connectivity index (χ0v) is 18.6. The Kier molecular flexibility index (Phi) is 7.08. The van der Waals surface area contributed by atoms with Crippen molar-refractivity contribution in [2.75, 3.05) is 13.2 Å². The molecule has 1 saturated carbocycles. The molecule has 0 saturated heterocycles. The first-order chi connectivity index (χ1) is 15.5. The molecule has 0 radical (unpaired) electrons. The minimum atomic E-state index is -2.29. The lowest BCUT2D eigenvalue weighted by molar-refractivity contribution is 0.0230. The maximum absolute atomic E-state index is 15.5. The Balaban J connectivity index is 1.62. The lowest BCUT2D eigenvalue weighted by atomic mass is 9.77. The van der Waals surface area contributed by atoms with E-state index in [1.807, 2.05) is 0 Å². The third-order valence-corrected chi connectivity index (χ3v) is 6.72. The molecule has 2 atom stereocenters. The molecule has 32 heavy (non-hydrogen) atoms. The van der Waals surface area contributed by atoms with Crippen LogP contribution < -0.4 is 4.74 Å². The topological polar surface area (TPSA) is 18.5 Å². The lowest BCUT2D eigenvalue weighted by Gasteiger charge is -2.32. The van der Waals surface area contributed by atoms with Crippen molar-refractivity contribution in [3.05, 3.63) is 52.6 Å². The van der Waals surface area contributed by atoms with Gasteiger partial charge in [-0.3, -0.25) is 0 Å². The lowest BCUT2D eigenvalue weighted by Crippen LogP contribution is -2.23. The Morgan fingerprint density at radius 1 is 0.844 bits per heavy atom. The molecule has 0 heterocycles. The average molecular weight is 451 g/mol. The fraction of sp³-hybridized carbons (Fsp3) is 0.538. The van der Waals surface area contributed by atoms with Gasteiger partial charge in [0.25, 0.3) is 0 Å². The summed E-state index contributed by atoms with van der Waals surface area (Å²) in [5.41, 5.74) is 0.114. The number of fused-ring (bicyclic) bond motifs is 3. The Hall–Kier alpha value is -2.08. The number of alkyl halides is 2. The van der Waals surface area contributed by atoms with Crippen LogP contribution in [0, 0.1) is 11.6 Å². The van der Waals surface area contributed by atoms with Gasteiger partial charge in [-0.25, -0.2) is 17.6 Å².